The predicted octanol–water partition coefficient (Wildman–Crippen LogP) is -12.2. The maximum absolute atomic E-state index is 14.3. The molecule has 2 heterocycles. The Morgan fingerprint density at radius 2 is 0.826 bits per heavy atom. The van der Waals surface area contributed by atoms with Crippen LogP contribution in [0.3, 0.4) is 0 Å². The maximum atomic E-state index is 14.3. The first-order valence-corrected chi connectivity index (χ1v) is 44.9. The van der Waals surface area contributed by atoms with Crippen LogP contribution in [-0.4, -0.2) is 355 Å². The van der Waals surface area contributed by atoms with E-state index in [1.807, 2.05) is 0 Å². The van der Waals surface area contributed by atoms with Crippen molar-refractivity contribution < 1.29 is 137 Å². The summed E-state index contributed by atoms with van der Waals surface area (Å²) in [5, 5.41) is 142. The molecule has 138 heavy (non-hydrogen) atoms. The summed E-state index contributed by atoms with van der Waals surface area (Å²) < 4.78 is 0. The molecule has 1 saturated heterocycles. The molecule has 0 radical (unpaired) electrons. The number of hydrogen-bond donors (Lipinski definition) is 33. The SMILES string of the molecule is CC[C@H](C)[C@H](NC(=O)[C@H](CCCNC(=N)N)NC(=O)[C@@H](NC(=O)[C@@H](NC(=O)[C@@H](NC(=O)CNC(=O)[C@H](CC(=O)O)NC(=O)CNC(=O)[C@H](C)NC(=O)[C@@H](NC(=O)[C@@H](NC(=O)[C@H](CO)NC(=O)[C@H](C)NC(=O)[C@@H](CO)NC(=O)[C@H](CO)NC(=O)[C@H](Cc1c[nH]c2ccccc12)NC(=O)[C@@H]1CCCN1C(=O)[C@@H](N)CO)C(C)C)[C@@H](C)O)C(C)C)[C@@H](C)CC)[C@@H](C)O)C(=O)N[C@@H](CCCNC(=N)N)C(=O)O. The molecule has 1 aliphatic rings. The van der Waals surface area contributed by atoms with Crippen LogP contribution in [0.5, 0.6) is 0 Å². The topological polar surface area (TPSA) is 877 Å². The van der Waals surface area contributed by atoms with Gasteiger partial charge in [-0.25, -0.2) is 4.79 Å². The number of aromatic nitrogens is 1. The van der Waals surface area contributed by atoms with E-state index in [0.717, 1.165) is 27.7 Å². The molecule has 54 nitrogen and oxygen atoms in total. The number of benzene rings is 1. The number of nitrogens with zero attached hydrogens (tertiary/aromatic N) is 1. The van der Waals surface area contributed by atoms with Gasteiger partial charge in [0, 0.05) is 43.2 Å². The number of carboxylic acids is 2. The number of carbonyl (C=O) groups excluding carboxylic acids is 18. The first kappa shape index (κ1) is 119. The van der Waals surface area contributed by atoms with Gasteiger partial charge in [0.2, 0.25) is 106 Å². The van der Waals surface area contributed by atoms with Crippen LogP contribution in [0.4, 0.5) is 0 Å². The summed E-state index contributed by atoms with van der Waals surface area (Å²) in [7, 11) is 0. The van der Waals surface area contributed by atoms with E-state index in [1.165, 1.54) is 32.6 Å². The van der Waals surface area contributed by atoms with Crippen molar-refractivity contribution in [1.82, 2.24) is 111 Å². The molecule has 1 aliphatic heterocycles. The summed E-state index contributed by atoms with van der Waals surface area (Å²) in [6, 6.07) is -20.5. The molecule has 18 amide bonds. The van der Waals surface area contributed by atoms with Crippen LogP contribution < -0.4 is 118 Å². The Bertz CT molecular complexity index is 4570. The summed E-state index contributed by atoms with van der Waals surface area (Å²) >= 11 is 0. The minimum atomic E-state index is -1.95. The minimum Gasteiger partial charge on any atom is -0.481 e. The standard InChI is InChI=1S/C84H138N26O28/c1-13-39(7)62(77(132)99-50(82(137)138)23-18-26-91-84(88)89)106-69(124)49(22-17-25-90-83(86)87)98-80(135)65(44(12)116)109-78(133)63(40(8)14-2)107-75(130)60(37(3)4)104-58(118)32-94-68(123)52(29-59(119)120)97-57(117)31-93-66(121)41(9)96-79(134)64(43(11)115)108-76(131)61(38(5)6)105-73(128)55(36-114)101-67(122)42(10)95-71(126)53(34-112)103-72(127)54(35-113)102-70(125)51(28-45-30-92-48-21-16-15-20-46(45)48)100-74(129)56-24-19-27-110(56)81(136)47(85)33-111/h15-16,20-21,30,37-44,47,49-56,60-65,92,111-116H,13-14,17-19,22-29,31-36,85H2,1-12H3,(H,93,121)(H,94,123)(H,95,126)(H,96,134)(H,97,117)(H,98,135)(H,99,132)(H,100,129)(H,101,122)(H,102,125)(H,103,127)(H,104,118)(H,105,128)(H,106,124)(H,107,130)(H,108,131)(H,109,133)(H,119,120)(H,137,138)(H4,86,87,90)(H4,88,89,91)/t39-,40-,41-,42-,43+,44+,47-,49-,50-,51-,52-,53+,54-,55-,56-,60-,61-,62-,63-,64-,65-/m0/s1. The number of carbonyl (C=O) groups is 20. The third kappa shape index (κ3) is 38.5. The number of aliphatic hydroxyl groups excluding tert-OH is 6. The molecule has 1 aromatic heterocycles. The highest BCUT2D eigenvalue weighted by Gasteiger charge is 2.43. The lowest BCUT2D eigenvalue weighted by Gasteiger charge is -2.31. The number of para-hydroxylation sites is 1. The van der Waals surface area contributed by atoms with Crippen LogP contribution in [0.2, 0.25) is 0 Å². The fraction of sp³-hybridized carbons (Fsp3) is 0.643. The first-order chi connectivity index (χ1) is 64.8. The van der Waals surface area contributed by atoms with Crippen LogP contribution in [0.25, 0.3) is 10.9 Å². The number of aliphatic carboxylic acids is 2. The van der Waals surface area contributed by atoms with Crippen LogP contribution in [0, 0.1) is 34.5 Å². The highest BCUT2D eigenvalue weighted by atomic mass is 16.4. The molecule has 54 heteroatoms. The van der Waals surface area contributed by atoms with Crippen LogP contribution in [0.1, 0.15) is 146 Å². The second kappa shape index (κ2) is 58.8. The summed E-state index contributed by atoms with van der Waals surface area (Å²) in [5.41, 5.74) is 17.7. The maximum Gasteiger partial charge on any atom is 0.326 e. The lowest BCUT2D eigenvalue weighted by atomic mass is 9.95. The van der Waals surface area contributed by atoms with E-state index in [4.69, 9.17) is 28.0 Å². The number of amides is 18. The highest BCUT2D eigenvalue weighted by molar-refractivity contribution is 6.02. The molecule has 1 fully saturated rings. The number of hydrogen-bond acceptors (Lipinski definition) is 29. The number of aliphatic hydroxyl groups is 6. The second-order valence-corrected chi connectivity index (χ2v) is 34.1. The van der Waals surface area contributed by atoms with Crippen molar-refractivity contribution in [3.63, 3.8) is 0 Å². The number of nitrogens with one attached hydrogen (secondary N) is 22. The molecule has 36 N–H and O–H groups in total. The molecule has 2 aromatic rings. The van der Waals surface area contributed by atoms with Crippen molar-refractivity contribution >= 4 is 141 Å². The fourth-order valence-electron chi connectivity index (χ4n) is 13.9. The Morgan fingerprint density at radius 3 is 1.31 bits per heavy atom. The van der Waals surface area contributed by atoms with Gasteiger partial charge in [-0.1, -0.05) is 86.4 Å². The van der Waals surface area contributed by atoms with Gasteiger partial charge in [-0.3, -0.25) is 102 Å². The largest absolute Gasteiger partial charge is 0.481 e. The molecular weight excluding hydrogens is 1820 g/mol. The molecule has 0 aliphatic carbocycles. The number of nitrogens with two attached hydrogens (primary N) is 3. The van der Waals surface area contributed by atoms with Gasteiger partial charge < -0.3 is 169 Å². The van der Waals surface area contributed by atoms with E-state index in [1.54, 1.807) is 58.2 Å². The molecule has 3 rings (SSSR count). The van der Waals surface area contributed by atoms with Gasteiger partial charge in [0.15, 0.2) is 11.9 Å². The first-order valence-electron chi connectivity index (χ1n) is 44.9. The van der Waals surface area contributed by atoms with Gasteiger partial charge >= 0.3 is 11.9 Å². The Morgan fingerprint density at radius 1 is 0.435 bits per heavy atom. The molecule has 0 saturated carbocycles. The summed E-state index contributed by atoms with van der Waals surface area (Å²) in [4.78, 5) is 275. The van der Waals surface area contributed by atoms with Crippen LogP contribution in [0.15, 0.2) is 30.5 Å². The van der Waals surface area contributed by atoms with Crippen molar-refractivity contribution in [3.8, 4) is 0 Å². The highest BCUT2D eigenvalue weighted by Crippen LogP contribution is 2.23. The fourth-order valence-corrected chi connectivity index (χ4v) is 13.9. The van der Waals surface area contributed by atoms with Crippen LogP contribution in [-0.2, 0) is 102 Å². The zero-order chi connectivity index (χ0) is 104. The van der Waals surface area contributed by atoms with Gasteiger partial charge in [0.1, 0.15) is 103 Å². The number of H-pyrrole nitrogens is 1. The average Bonchev–Trinajstić information content (AvgIpc) is 1.65. The predicted molar refractivity (Wildman–Crippen MR) is 490 cm³/mol. The summed E-state index contributed by atoms with van der Waals surface area (Å²) in [6.07, 6.45) is -2.23. The zero-order valence-electron chi connectivity index (χ0n) is 79.0. The summed E-state index contributed by atoms with van der Waals surface area (Å²) in [6.45, 7) is 10.9. The van der Waals surface area contributed by atoms with Gasteiger partial charge in [-0.05, 0) is 102 Å². The molecule has 772 valence electrons. The number of fused-ring (bicyclic) bond motifs is 1. The Kier molecular flexibility index (Phi) is 50.5. The Balaban J connectivity index is 1.64. The molecule has 0 spiro atoms. The summed E-state index contributed by atoms with van der Waals surface area (Å²) in [5.74, 6) is -26.2. The quantitative estimate of drug-likeness (QED) is 0.0166. The monoisotopic (exact) mass is 1960 g/mol. The normalized spacial score (nSPS) is 16.7. The lowest BCUT2D eigenvalue weighted by Crippen LogP contribution is -2.63. The smallest absolute Gasteiger partial charge is 0.326 e. The average molecular weight is 1960 g/mol. The second-order valence-electron chi connectivity index (χ2n) is 34.1. The zero-order valence-corrected chi connectivity index (χ0v) is 79.0. The van der Waals surface area contributed by atoms with Crippen molar-refractivity contribution in [3.05, 3.63) is 36.0 Å². The number of likely N-dealkylation sites (tertiary alicyclic amines) is 1. The minimum absolute atomic E-state index is 0.00662. The molecule has 21 atom stereocenters. The van der Waals surface area contributed by atoms with Crippen molar-refractivity contribution in [2.24, 2.45) is 40.9 Å². The van der Waals surface area contributed by atoms with Crippen molar-refractivity contribution in [2.45, 2.75) is 262 Å². The van der Waals surface area contributed by atoms with E-state index in [2.05, 4.69) is 106 Å². The van der Waals surface area contributed by atoms with Gasteiger partial charge in [0.05, 0.1) is 58.1 Å². The van der Waals surface area contributed by atoms with E-state index in [-0.39, 0.29) is 77.0 Å². The van der Waals surface area contributed by atoms with E-state index < -0.39 is 309 Å². The number of carboxylic acid groups (broad SMARTS) is 2. The molecule has 0 unspecified atom stereocenters. The van der Waals surface area contributed by atoms with E-state index in [9.17, 15) is 137 Å². The van der Waals surface area contributed by atoms with Crippen LogP contribution >= 0.6 is 0 Å². The van der Waals surface area contributed by atoms with Gasteiger partial charge in [0.25, 0.3) is 0 Å². The molecular formula is C84H138N26O28. The van der Waals surface area contributed by atoms with E-state index >= 15 is 0 Å². The van der Waals surface area contributed by atoms with Crippen molar-refractivity contribution in [1.29, 1.82) is 10.8 Å². The number of guanidine groups is 2. The lowest BCUT2D eigenvalue weighted by molar-refractivity contribution is -0.143. The third-order valence-electron chi connectivity index (χ3n) is 22.4. The molecule has 1 aromatic carbocycles. The van der Waals surface area contributed by atoms with E-state index in [0.29, 0.717) is 22.9 Å². The number of rotatable bonds is 60. The number of aromatic amines is 1. The van der Waals surface area contributed by atoms with Crippen molar-refractivity contribution in [2.75, 3.05) is 59.2 Å². The third-order valence-corrected chi connectivity index (χ3v) is 22.4. The Labute approximate surface area is 794 Å². The van der Waals surface area contributed by atoms with Gasteiger partial charge in [-0.15, -0.1) is 0 Å². The molecule has 0 bridgehead atoms. The Hall–Kier alpha value is -13.6. The van der Waals surface area contributed by atoms with Gasteiger partial charge in [-0.2, -0.15) is 0 Å².